The van der Waals surface area contributed by atoms with Gasteiger partial charge in [-0.05, 0) is 127 Å². The molecule has 2 aromatic heterocycles. The summed E-state index contributed by atoms with van der Waals surface area (Å²) in [6, 6.07) is 71.2. The fourth-order valence-electron chi connectivity index (χ4n) is 11.7. The molecular formula is C67H56N2O2. The van der Waals surface area contributed by atoms with Crippen LogP contribution in [-0.2, 0) is 16.2 Å². The number of anilines is 6. The zero-order chi connectivity index (χ0) is 48.6. The molecule has 0 unspecified atom stereocenters. The van der Waals surface area contributed by atoms with Crippen molar-refractivity contribution in [3.8, 4) is 11.1 Å². The number of nitrogens with zero attached hydrogens (tertiary/aromatic N) is 2. The van der Waals surface area contributed by atoms with Crippen molar-refractivity contribution in [2.24, 2.45) is 0 Å². The molecule has 346 valence electrons. The Hall–Kier alpha value is -8.08. The first-order valence-electron chi connectivity index (χ1n) is 25.0. The van der Waals surface area contributed by atoms with Crippen LogP contribution in [0.2, 0.25) is 0 Å². The van der Waals surface area contributed by atoms with Gasteiger partial charge in [0.1, 0.15) is 11.2 Å². The van der Waals surface area contributed by atoms with Crippen LogP contribution in [0.25, 0.3) is 76.5 Å². The van der Waals surface area contributed by atoms with Gasteiger partial charge < -0.3 is 18.6 Å². The maximum absolute atomic E-state index is 6.82. The van der Waals surface area contributed by atoms with E-state index in [0.29, 0.717) is 0 Å². The first-order chi connectivity index (χ1) is 34.2. The smallest absolute Gasteiger partial charge is 0.159 e. The van der Waals surface area contributed by atoms with Gasteiger partial charge in [-0.2, -0.15) is 0 Å². The van der Waals surface area contributed by atoms with E-state index >= 15 is 0 Å². The van der Waals surface area contributed by atoms with E-state index in [2.05, 4.69) is 253 Å². The summed E-state index contributed by atoms with van der Waals surface area (Å²) in [6.07, 6.45) is 0. The van der Waals surface area contributed by atoms with Crippen LogP contribution in [0.5, 0.6) is 0 Å². The number of para-hydroxylation sites is 4. The van der Waals surface area contributed by atoms with E-state index in [1.54, 1.807) is 0 Å². The van der Waals surface area contributed by atoms with E-state index in [0.717, 1.165) is 78.0 Å². The summed E-state index contributed by atoms with van der Waals surface area (Å²) in [6.45, 7) is 18.5. The van der Waals surface area contributed by atoms with Gasteiger partial charge in [-0.3, -0.25) is 0 Å². The molecule has 0 saturated heterocycles. The SMILES string of the molecule is CC(C)(C)c1ccc(N(c2ccc3c4c(ccc3c2)-c2c(cc(N(c3ccc(C(C)(C)C)cc3)c3cccc5c3oc3ccccc35)c3ccccc23)C4(C)C)c2cccc3c2oc2ccccc23)cc1. The number of hydrogen-bond acceptors (Lipinski definition) is 4. The summed E-state index contributed by atoms with van der Waals surface area (Å²) in [5.74, 6) is 0. The second kappa shape index (κ2) is 15.5. The van der Waals surface area contributed by atoms with E-state index < -0.39 is 0 Å². The summed E-state index contributed by atoms with van der Waals surface area (Å²) < 4.78 is 13.5. The standard InChI is InChI=1S/C67H56N2O2/c1-65(2,3)42-28-32-44(33-29-42)68(56-23-15-21-52-49-18-11-13-25-59(49)70-63(52)56)46-36-38-47-41(39-46)27-37-54-61-51-20-10-9-17-48(51)58(40-55(61)67(7,8)62(47)54)69(45-34-30-43(31-35-45)66(4,5)6)57-24-16-22-53-50-19-12-14-26-60(50)71-64(53)57/h9-40H,1-8H3. The molecule has 2 heterocycles. The van der Waals surface area contributed by atoms with E-state index in [4.69, 9.17) is 8.83 Å². The minimum absolute atomic E-state index is 0.0142. The summed E-state index contributed by atoms with van der Waals surface area (Å²) in [7, 11) is 0. The molecule has 0 bridgehead atoms. The molecule has 71 heavy (non-hydrogen) atoms. The van der Waals surface area contributed by atoms with Crippen molar-refractivity contribution in [3.05, 3.63) is 216 Å². The van der Waals surface area contributed by atoms with Crippen LogP contribution in [0.4, 0.5) is 34.1 Å². The maximum Gasteiger partial charge on any atom is 0.159 e. The van der Waals surface area contributed by atoms with E-state index in [1.165, 1.54) is 54.9 Å². The molecule has 0 atom stereocenters. The molecule has 12 aromatic rings. The highest BCUT2D eigenvalue weighted by molar-refractivity contribution is 6.16. The van der Waals surface area contributed by atoms with Crippen molar-refractivity contribution >= 4 is 99.5 Å². The largest absolute Gasteiger partial charge is 0.454 e. The first-order valence-corrected chi connectivity index (χ1v) is 25.0. The van der Waals surface area contributed by atoms with Gasteiger partial charge in [0.2, 0.25) is 0 Å². The lowest BCUT2D eigenvalue weighted by Crippen LogP contribution is -2.18. The monoisotopic (exact) mass is 920 g/mol. The topological polar surface area (TPSA) is 32.8 Å². The lowest BCUT2D eigenvalue weighted by molar-refractivity contribution is 0.590. The van der Waals surface area contributed by atoms with Crippen molar-refractivity contribution < 1.29 is 8.83 Å². The van der Waals surface area contributed by atoms with E-state index in [-0.39, 0.29) is 16.2 Å². The second-order valence-corrected chi connectivity index (χ2v) is 22.2. The second-order valence-electron chi connectivity index (χ2n) is 22.2. The summed E-state index contributed by atoms with van der Waals surface area (Å²) in [5, 5.41) is 9.31. The molecule has 4 heteroatoms. The normalized spacial score (nSPS) is 13.5. The minimum atomic E-state index is -0.347. The van der Waals surface area contributed by atoms with Crippen LogP contribution in [0.3, 0.4) is 0 Å². The van der Waals surface area contributed by atoms with Crippen LogP contribution in [-0.4, -0.2) is 0 Å². The minimum Gasteiger partial charge on any atom is -0.454 e. The van der Waals surface area contributed by atoms with Gasteiger partial charge >= 0.3 is 0 Å². The quantitative estimate of drug-likeness (QED) is 0.166. The highest BCUT2D eigenvalue weighted by Crippen LogP contribution is 2.57. The Labute approximate surface area is 415 Å². The Kier molecular flexibility index (Phi) is 9.36. The lowest BCUT2D eigenvalue weighted by atomic mass is 9.79. The fourth-order valence-corrected chi connectivity index (χ4v) is 11.7. The van der Waals surface area contributed by atoms with Gasteiger partial charge in [-0.15, -0.1) is 0 Å². The molecule has 0 radical (unpaired) electrons. The Morgan fingerprint density at radius 3 is 1.42 bits per heavy atom. The maximum atomic E-state index is 6.82. The molecule has 0 saturated carbocycles. The van der Waals surface area contributed by atoms with Crippen molar-refractivity contribution in [2.75, 3.05) is 9.80 Å². The third kappa shape index (κ3) is 6.64. The Morgan fingerprint density at radius 1 is 0.380 bits per heavy atom. The predicted molar refractivity (Wildman–Crippen MR) is 300 cm³/mol. The van der Waals surface area contributed by atoms with Crippen molar-refractivity contribution in [1.82, 2.24) is 0 Å². The molecule has 0 fully saturated rings. The average Bonchev–Trinajstić information content (AvgIpc) is 4.02. The Balaban J connectivity index is 1.00. The molecule has 4 nitrogen and oxygen atoms in total. The van der Waals surface area contributed by atoms with Crippen LogP contribution in [0, 0.1) is 0 Å². The van der Waals surface area contributed by atoms with Crippen molar-refractivity contribution in [1.29, 1.82) is 0 Å². The van der Waals surface area contributed by atoms with Gasteiger partial charge in [0, 0.05) is 49.4 Å². The van der Waals surface area contributed by atoms with Crippen molar-refractivity contribution in [3.63, 3.8) is 0 Å². The lowest BCUT2D eigenvalue weighted by Gasteiger charge is -2.30. The Bertz CT molecular complexity index is 4100. The van der Waals surface area contributed by atoms with E-state index in [1.807, 2.05) is 6.07 Å². The van der Waals surface area contributed by atoms with Crippen LogP contribution < -0.4 is 9.80 Å². The molecule has 0 amide bonds. The van der Waals surface area contributed by atoms with Gasteiger partial charge in [0.25, 0.3) is 0 Å². The molecule has 0 N–H and O–H groups in total. The zero-order valence-corrected chi connectivity index (χ0v) is 41.7. The molecular weight excluding hydrogens is 865 g/mol. The third-order valence-electron chi connectivity index (χ3n) is 15.3. The molecule has 13 rings (SSSR count). The number of rotatable bonds is 6. The van der Waals surface area contributed by atoms with Gasteiger partial charge in [-0.1, -0.05) is 183 Å². The van der Waals surface area contributed by atoms with Crippen LogP contribution in [0.1, 0.15) is 77.6 Å². The van der Waals surface area contributed by atoms with Gasteiger partial charge in [0.15, 0.2) is 11.2 Å². The van der Waals surface area contributed by atoms with E-state index in [9.17, 15) is 0 Å². The van der Waals surface area contributed by atoms with Crippen LogP contribution >= 0.6 is 0 Å². The highest BCUT2D eigenvalue weighted by Gasteiger charge is 2.40. The fraction of sp³-hybridized carbons (Fsp3) is 0.164. The summed E-state index contributed by atoms with van der Waals surface area (Å²) in [5.41, 5.74) is 17.4. The van der Waals surface area contributed by atoms with Crippen molar-refractivity contribution in [2.45, 2.75) is 71.6 Å². The molecule has 10 aromatic carbocycles. The number of fused-ring (bicyclic) bond motifs is 13. The van der Waals surface area contributed by atoms with Gasteiger partial charge in [-0.25, -0.2) is 0 Å². The zero-order valence-electron chi connectivity index (χ0n) is 41.7. The number of benzene rings is 10. The summed E-state index contributed by atoms with van der Waals surface area (Å²) in [4.78, 5) is 4.81. The molecule has 0 spiro atoms. The first kappa shape index (κ1) is 43.0. The highest BCUT2D eigenvalue weighted by atomic mass is 16.3. The van der Waals surface area contributed by atoms with Gasteiger partial charge in [0.05, 0.1) is 17.1 Å². The average molecular weight is 921 g/mol. The number of hydrogen-bond donors (Lipinski definition) is 0. The predicted octanol–water partition coefficient (Wildman–Crippen LogP) is 19.6. The van der Waals surface area contributed by atoms with Crippen LogP contribution in [0.15, 0.2) is 203 Å². The molecule has 0 aliphatic heterocycles. The summed E-state index contributed by atoms with van der Waals surface area (Å²) >= 11 is 0. The molecule has 1 aliphatic carbocycles. The molecule has 1 aliphatic rings. The number of furan rings is 2. The Morgan fingerprint density at radius 2 is 0.859 bits per heavy atom. The third-order valence-corrected chi connectivity index (χ3v) is 15.3.